The van der Waals surface area contributed by atoms with Gasteiger partial charge in [0.1, 0.15) is 5.75 Å². The van der Waals surface area contributed by atoms with Gasteiger partial charge in [-0.15, -0.1) is 11.8 Å². The molecule has 100 valence electrons. The van der Waals surface area contributed by atoms with Crippen LogP contribution >= 0.6 is 39.3 Å². The van der Waals surface area contributed by atoms with E-state index in [0.29, 0.717) is 10.7 Å². The molecule has 0 radical (unpaired) electrons. The number of nitrogen functional groups attached to an aromatic ring is 1. The lowest BCUT2D eigenvalue weighted by Crippen LogP contribution is -1.90. The molecule has 0 amide bonds. The molecule has 0 bridgehead atoms. The second kappa shape index (κ2) is 6.55. The van der Waals surface area contributed by atoms with E-state index in [-0.39, 0.29) is 0 Å². The second-order valence-electron chi connectivity index (χ2n) is 3.92. The Kier molecular flexibility index (Phi) is 5.02. The van der Waals surface area contributed by atoms with Crippen LogP contribution in [0.25, 0.3) is 0 Å². The summed E-state index contributed by atoms with van der Waals surface area (Å²) in [5, 5.41) is 0.692. The zero-order valence-electron chi connectivity index (χ0n) is 10.3. The summed E-state index contributed by atoms with van der Waals surface area (Å²) in [5.41, 5.74) is 7.82. The molecular weight excluding hydrogens is 346 g/mol. The molecule has 5 heteroatoms. The van der Waals surface area contributed by atoms with Gasteiger partial charge in [0, 0.05) is 16.3 Å². The molecule has 0 fully saturated rings. The van der Waals surface area contributed by atoms with E-state index in [0.717, 1.165) is 20.9 Å². The molecule has 2 rings (SSSR count). The first-order valence-corrected chi connectivity index (χ1v) is 7.76. The van der Waals surface area contributed by atoms with Crippen molar-refractivity contribution in [2.24, 2.45) is 0 Å². The number of nitrogens with two attached hydrogens (primary N) is 1. The fraction of sp³-hybridized carbons (Fsp3) is 0.143. The highest BCUT2D eigenvalue weighted by Gasteiger charge is 2.07. The lowest BCUT2D eigenvalue weighted by molar-refractivity contribution is 0.412. The Hall–Kier alpha value is -0.840. The smallest absolute Gasteiger partial charge is 0.133 e. The SMILES string of the molecule is COc1ccc(CSc2c(N)cccc2Cl)cc1Br. The van der Waals surface area contributed by atoms with E-state index in [9.17, 15) is 0 Å². The number of hydrogen-bond acceptors (Lipinski definition) is 3. The summed E-state index contributed by atoms with van der Waals surface area (Å²) in [6.07, 6.45) is 0. The fourth-order valence-electron chi connectivity index (χ4n) is 1.63. The third-order valence-electron chi connectivity index (χ3n) is 2.60. The Bertz CT molecular complexity index is 571. The van der Waals surface area contributed by atoms with Crippen molar-refractivity contribution in [3.05, 3.63) is 51.5 Å². The predicted octanol–water partition coefficient (Wildman–Crippen LogP) is 4.99. The van der Waals surface area contributed by atoms with Crippen molar-refractivity contribution in [3.63, 3.8) is 0 Å². The summed E-state index contributed by atoms with van der Waals surface area (Å²) >= 11 is 11.3. The molecule has 0 aliphatic rings. The highest BCUT2D eigenvalue weighted by atomic mass is 79.9. The molecule has 0 saturated heterocycles. The minimum atomic E-state index is 0.692. The summed E-state index contributed by atoms with van der Waals surface area (Å²) in [7, 11) is 1.65. The molecule has 19 heavy (non-hydrogen) atoms. The molecule has 0 aromatic heterocycles. The number of ether oxygens (including phenoxy) is 1. The van der Waals surface area contributed by atoms with Gasteiger partial charge in [0.2, 0.25) is 0 Å². The molecule has 2 aromatic rings. The first-order valence-electron chi connectivity index (χ1n) is 5.61. The Balaban J connectivity index is 2.13. The van der Waals surface area contributed by atoms with Crippen molar-refractivity contribution in [2.75, 3.05) is 12.8 Å². The van der Waals surface area contributed by atoms with Crippen LogP contribution in [0.1, 0.15) is 5.56 Å². The van der Waals surface area contributed by atoms with Crippen LogP contribution in [0.2, 0.25) is 5.02 Å². The summed E-state index contributed by atoms with van der Waals surface area (Å²) in [6.45, 7) is 0. The molecule has 0 unspecified atom stereocenters. The molecular formula is C14H13BrClNOS. The van der Waals surface area contributed by atoms with Crippen molar-refractivity contribution in [2.45, 2.75) is 10.6 Å². The van der Waals surface area contributed by atoms with Gasteiger partial charge in [0.05, 0.1) is 16.6 Å². The van der Waals surface area contributed by atoms with Gasteiger partial charge < -0.3 is 10.5 Å². The molecule has 0 spiro atoms. The normalized spacial score (nSPS) is 10.5. The van der Waals surface area contributed by atoms with Crippen molar-refractivity contribution < 1.29 is 4.74 Å². The number of anilines is 1. The van der Waals surface area contributed by atoms with Crippen molar-refractivity contribution >= 4 is 45.0 Å². The van der Waals surface area contributed by atoms with E-state index in [1.807, 2.05) is 36.4 Å². The zero-order chi connectivity index (χ0) is 13.8. The van der Waals surface area contributed by atoms with E-state index in [4.69, 9.17) is 22.1 Å². The Morgan fingerprint density at radius 3 is 2.74 bits per heavy atom. The molecule has 2 nitrogen and oxygen atoms in total. The van der Waals surface area contributed by atoms with Gasteiger partial charge in [-0.05, 0) is 45.8 Å². The van der Waals surface area contributed by atoms with Gasteiger partial charge in [-0.1, -0.05) is 23.7 Å². The standard InChI is InChI=1S/C14H13BrClNOS/c1-18-13-6-5-9(7-10(13)15)8-19-14-11(16)3-2-4-12(14)17/h2-7H,8,17H2,1H3. The first kappa shape index (κ1) is 14.6. The van der Waals surface area contributed by atoms with E-state index >= 15 is 0 Å². The maximum atomic E-state index is 6.14. The number of thioether (sulfide) groups is 1. The largest absolute Gasteiger partial charge is 0.496 e. The van der Waals surface area contributed by atoms with Crippen LogP contribution in [0.5, 0.6) is 5.75 Å². The van der Waals surface area contributed by atoms with Gasteiger partial charge in [-0.25, -0.2) is 0 Å². The van der Waals surface area contributed by atoms with Crippen LogP contribution in [0.3, 0.4) is 0 Å². The number of rotatable bonds is 4. The van der Waals surface area contributed by atoms with E-state index in [2.05, 4.69) is 15.9 Å². The number of benzene rings is 2. The fourth-order valence-corrected chi connectivity index (χ4v) is 3.50. The predicted molar refractivity (Wildman–Crippen MR) is 86.1 cm³/mol. The summed E-state index contributed by atoms with van der Waals surface area (Å²) in [6, 6.07) is 11.6. The minimum absolute atomic E-state index is 0.692. The van der Waals surface area contributed by atoms with E-state index in [1.54, 1.807) is 18.9 Å². The number of methoxy groups -OCH3 is 1. The molecule has 0 heterocycles. The third kappa shape index (κ3) is 3.59. The second-order valence-corrected chi connectivity index (χ2v) is 6.16. The Morgan fingerprint density at radius 1 is 1.32 bits per heavy atom. The lowest BCUT2D eigenvalue weighted by Gasteiger charge is -2.09. The topological polar surface area (TPSA) is 35.2 Å². The van der Waals surface area contributed by atoms with Crippen LogP contribution in [0.15, 0.2) is 45.8 Å². The molecule has 0 saturated carbocycles. The molecule has 2 aromatic carbocycles. The minimum Gasteiger partial charge on any atom is -0.496 e. The summed E-state index contributed by atoms with van der Waals surface area (Å²) in [4.78, 5) is 0.927. The first-order chi connectivity index (χ1) is 9.11. The maximum Gasteiger partial charge on any atom is 0.133 e. The van der Waals surface area contributed by atoms with Crippen LogP contribution in [0, 0.1) is 0 Å². The third-order valence-corrected chi connectivity index (χ3v) is 4.87. The van der Waals surface area contributed by atoms with E-state index < -0.39 is 0 Å². The Morgan fingerprint density at radius 2 is 2.11 bits per heavy atom. The molecule has 0 aliphatic heterocycles. The summed E-state index contributed by atoms with van der Waals surface area (Å²) < 4.78 is 6.15. The van der Waals surface area contributed by atoms with Gasteiger partial charge in [0.15, 0.2) is 0 Å². The van der Waals surface area contributed by atoms with Crippen LogP contribution < -0.4 is 10.5 Å². The molecule has 0 aliphatic carbocycles. The number of halogens is 2. The van der Waals surface area contributed by atoms with Crippen molar-refractivity contribution in [1.29, 1.82) is 0 Å². The van der Waals surface area contributed by atoms with Gasteiger partial charge in [-0.2, -0.15) is 0 Å². The number of hydrogen-bond donors (Lipinski definition) is 1. The highest BCUT2D eigenvalue weighted by molar-refractivity contribution is 9.10. The Labute approximate surface area is 130 Å². The lowest BCUT2D eigenvalue weighted by atomic mass is 10.2. The van der Waals surface area contributed by atoms with E-state index in [1.165, 1.54) is 5.56 Å². The van der Waals surface area contributed by atoms with Crippen molar-refractivity contribution in [3.8, 4) is 5.75 Å². The highest BCUT2D eigenvalue weighted by Crippen LogP contribution is 2.35. The average Bonchev–Trinajstić information content (AvgIpc) is 2.38. The van der Waals surface area contributed by atoms with Gasteiger partial charge in [-0.3, -0.25) is 0 Å². The van der Waals surface area contributed by atoms with Gasteiger partial charge >= 0.3 is 0 Å². The molecule has 2 N–H and O–H groups in total. The average molecular weight is 359 g/mol. The van der Waals surface area contributed by atoms with Crippen LogP contribution in [-0.2, 0) is 5.75 Å². The molecule has 0 atom stereocenters. The zero-order valence-corrected chi connectivity index (χ0v) is 13.5. The quantitative estimate of drug-likeness (QED) is 0.618. The summed E-state index contributed by atoms with van der Waals surface area (Å²) in [5.74, 6) is 1.63. The van der Waals surface area contributed by atoms with Gasteiger partial charge in [0.25, 0.3) is 0 Å². The maximum absolute atomic E-state index is 6.14. The van der Waals surface area contributed by atoms with Crippen LogP contribution in [-0.4, -0.2) is 7.11 Å². The monoisotopic (exact) mass is 357 g/mol. The van der Waals surface area contributed by atoms with Crippen molar-refractivity contribution in [1.82, 2.24) is 0 Å². The van der Waals surface area contributed by atoms with Crippen LogP contribution in [0.4, 0.5) is 5.69 Å².